The van der Waals surface area contributed by atoms with Crippen molar-refractivity contribution in [1.29, 1.82) is 0 Å². The summed E-state index contributed by atoms with van der Waals surface area (Å²) in [5, 5.41) is 3.29. The molecule has 1 aliphatic carbocycles. The summed E-state index contributed by atoms with van der Waals surface area (Å²) in [6.45, 7) is 7.59. The molecule has 0 aromatic heterocycles. The summed E-state index contributed by atoms with van der Waals surface area (Å²) >= 11 is 0. The molecule has 1 saturated carbocycles. The van der Waals surface area contributed by atoms with Crippen LogP contribution in [0, 0.1) is 18.7 Å². The average molecular weight is 321 g/mol. The molecule has 0 spiro atoms. The molecule has 0 aliphatic heterocycles. The van der Waals surface area contributed by atoms with Crippen LogP contribution >= 0.6 is 0 Å². The molecule has 1 N–H and O–H groups in total. The van der Waals surface area contributed by atoms with Crippen LogP contribution in [-0.2, 0) is 11.3 Å². The number of ether oxygens (including phenoxy) is 1. The quantitative estimate of drug-likeness (QED) is 0.454. The second kappa shape index (κ2) is 8.87. The van der Waals surface area contributed by atoms with Gasteiger partial charge in [-0.3, -0.25) is 0 Å². The van der Waals surface area contributed by atoms with E-state index in [1.165, 1.54) is 18.9 Å². The largest absolute Gasteiger partial charge is 0.379 e. The number of guanidine groups is 1. The molecule has 128 valence electrons. The van der Waals surface area contributed by atoms with Crippen LogP contribution < -0.4 is 5.32 Å². The highest BCUT2D eigenvalue weighted by Crippen LogP contribution is 2.28. The average Bonchev–Trinajstić information content (AvgIpc) is 3.35. The van der Waals surface area contributed by atoms with Crippen molar-refractivity contribution in [2.75, 3.05) is 33.4 Å². The van der Waals surface area contributed by atoms with Crippen molar-refractivity contribution in [3.05, 3.63) is 35.1 Å². The van der Waals surface area contributed by atoms with Crippen LogP contribution in [-0.4, -0.2) is 44.2 Å². The highest BCUT2D eigenvalue weighted by Gasteiger charge is 2.21. The standard InChI is InChI=1S/C18H28FN3O/c1-4-20-18(22(3)9-10-23-13-15-5-6-15)21-12-16-7-8-17(19)14(2)11-16/h7-8,11,15H,4-6,9-10,12-13H2,1-3H3,(H,20,21). The summed E-state index contributed by atoms with van der Waals surface area (Å²) in [5.41, 5.74) is 1.67. The Balaban J connectivity index is 1.85. The Labute approximate surface area is 138 Å². The molecule has 0 bridgehead atoms. The van der Waals surface area contributed by atoms with E-state index in [4.69, 9.17) is 4.74 Å². The first kappa shape index (κ1) is 17.7. The number of nitrogens with one attached hydrogen (secondary N) is 1. The normalized spacial score (nSPS) is 14.9. The van der Waals surface area contributed by atoms with Gasteiger partial charge in [-0.1, -0.05) is 12.1 Å². The van der Waals surface area contributed by atoms with Gasteiger partial charge in [0.15, 0.2) is 5.96 Å². The minimum atomic E-state index is -0.172. The van der Waals surface area contributed by atoms with Gasteiger partial charge in [-0.2, -0.15) is 0 Å². The number of hydrogen-bond acceptors (Lipinski definition) is 2. The topological polar surface area (TPSA) is 36.9 Å². The van der Waals surface area contributed by atoms with Crippen LogP contribution in [0.5, 0.6) is 0 Å². The zero-order valence-electron chi connectivity index (χ0n) is 14.4. The number of likely N-dealkylation sites (N-methyl/N-ethyl adjacent to an activating group) is 1. The predicted octanol–water partition coefficient (Wildman–Crippen LogP) is 2.96. The third-order valence-corrected chi connectivity index (χ3v) is 3.95. The number of halogens is 1. The molecular weight excluding hydrogens is 293 g/mol. The molecule has 1 aromatic carbocycles. The van der Waals surface area contributed by atoms with E-state index in [2.05, 4.69) is 22.1 Å². The molecule has 4 nitrogen and oxygen atoms in total. The summed E-state index contributed by atoms with van der Waals surface area (Å²) in [4.78, 5) is 6.71. The molecule has 5 heteroatoms. The molecule has 2 rings (SSSR count). The Morgan fingerprint density at radius 3 is 2.87 bits per heavy atom. The fourth-order valence-electron chi connectivity index (χ4n) is 2.28. The minimum Gasteiger partial charge on any atom is -0.379 e. The van der Waals surface area contributed by atoms with Crippen LogP contribution in [0.25, 0.3) is 0 Å². The summed E-state index contributed by atoms with van der Waals surface area (Å²) in [6.07, 6.45) is 2.63. The van der Waals surface area contributed by atoms with Crippen LogP contribution in [0.15, 0.2) is 23.2 Å². The van der Waals surface area contributed by atoms with Gasteiger partial charge < -0.3 is 15.0 Å². The van der Waals surface area contributed by atoms with E-state index >= 15 is 0 Å². The zero-order valence-corrected chi connectivity index (χ0v) is 14.4. The Hall–Kier alpha value is -1.62. The molecule has 0 amide bonds. The van der Waals surface area contributed by atoms with Crippen molar-refractivity contribution in [2.45, 2.75) is 33.2 Å². The van der Waals surface area contributed by atoms with Crippen molar-refractivity contribution >= 4 is 5.96 Å². The van der Waals surface area contributed by atoms with Gasteiger partial charge in [0, 0.05) is 26.7 Å². The van der Waals surface area contributed by atoms with Crippen LogP contribution in [0.4, 0.5) is 4.39 Å². The third-order valence-electron chi connectivity index (χ3n) is 3.95. The van der Waals surface area contributed by atoms with E-state index in [9.17, 15) is 4.39 Å². The lowest BCUT2D eigenvalue weighted by Gasteiger charge is -2.22. The fourth-order valence-corrected chi connectivity index (χ4v) is 2.28. The summed E-state index contributed by atoms with van der Waals surface area (Å²) in [6, 6.07) is 5.14. The van der Waals surface area contributed by atoms with Gasteiger partial charge >= 0.3 is 0 Å². The van der Waals surface area contributed by atoms with E-state index < -0.39 is 0 Å². The molecule has 0 radical (unpaired) electrons. The third kappa shape index (κ3) is 6.18. The first-order chi connectivity index (χ1) is 11.1. The second-order valence-corrected chi connectivity index (χ2v) is 6.19. The van der Waals surface area contributed by atoms with Gasteiger partial charge in [0.25, 0.3) is 0 Å². The van der Waals surface area contributed by atoms with E-state index in [0.717, 1.165) is 37.1 Å². The summed E-state index contributed by atoms with van der Waals surface area (Å²) in [7, 11) is 2.01. The number of benzene rings is 1. The maximum absolute atomic E-state index is 13.3. The van der Waals surface area contributed by atoms with Crippen molar-refractivity contribution < 1.29 is 9.13 Å². The number of rotatable bonds is 8. The monoisotopic (exact) mass is 321 g/mol. The Morgan fingerprint density at radius 2 is 2.22 bits per heavy atom. The molecule has 1 aliphatic rings. The molecule has 0 unspecified atom stereocenters. The molecule has 1 fully saturated rings. The number of aliphatic imine (C=N–C) groups is 1. The van der Waals surface area contributed by atoms with E-state index in [1.807, 2.05) is 13.1 Å². The van der Waals surface area contributed by atoms with Crippen molar-refractivity contribution in [3.63, 3.8) is 0 Å². The number of aryl methyl sites for hydroxylation is 1. The van der Waals surface area contributed by atoms with Crippen molar-refractivity contribution in [3.8, 4) is 0 Å². The van der Waals surface area contributed by atoms with Crippen molar-refractivity contribution in [1.82, 2.24) is 10.2 Å². The van der Waals surface area contributed by atoms with Gasteiger partial charge in [-0.25, -0.2) is 9.38 Å². The van der Waals surface area contributed by atoms with Crippen LogP contribution in [0.3, 0.4) is 0 Å². The first-order valence-corrected chi connectivity index (χ1v) is 8.42. The number of hydrogen-bond donors (Lipinski definition) is 1. The summed E-state index contributed by atoms with van der Waals surface area (Å²) < 4.78 is 19.0. The Kier molecular flexibility index (Phi) is 6.84. The van der Waals surface area contributed by atoms with Gasteiger partial charge in [0.1, 0.15) is 5.82 Å². The molecule has 1 aromatic rings. The lowest BCUT2D eigenvalue weighted by atomic mass is 10.1. The van der Waals surface area contributed by atoms with Gasteiger partial charge in [0.05, 0.1) is 13.2 Å². The van der Waals surface area contributed by atoms with Crippen LogP contribution in [0.2, 0.25) is 0 Å². The molecule has 0 saturated heterocycles. The lowest BCUT2D eigenvalue weighted by Crippen LogP contribution is -2.40. The first-order valence-electron chi connectivity index (χ1n) is 8.42. The SMILES string of the molecule is CCNC(=NCc1ccc(F)c(C)c1)N(C)CCOCC1CC1. The molecule has 0 heterocycles. The van der Waals surface area contributed by atoms with E-state index in [1.54, 1.807) is 13.0 Å². The molecular formula is C18H28FN3O. The Bertz CT molecular complexity index is 529. The zero-order chi connectivity index (χ0) is 16.7. The molecule has 0 atom stereocenters. The van der Waals surface area contributed by atoms with Crippen LogP contribution in [0.1, 0.15) is 30.9 Å². The second-order valence-electron chi connectivity index (χ2n) is 6.19. The summed E-state index contributed by atoms with van der Waals surface area (Å²) in [5.74, 6) is 1.47. The highest BCUT2D eigenvalue weighted by atomic mass is 19.1. The maximum Gasteiger partial charge on any atom is 0.194 e. The molecule has 23 heavy (non-hydrogen) atoms. The fraction of sp³-hybridized carbons (Fsp3) is 0.611. The van der Waals surface area contributed by atoms with Gasteiger partial charge in [0.2, 0.25) is 0 Å². The lowest BCUT2D eigenvalue weighted by molar-refractivity contribution is 0.115. The van der Waals surface area contributed by atoms with Gasteiger partial charge in [-0.15, -0.1) is 0 Å². The van der Waals surface area contributed by atoms with E-state index in [-0.39, 0.29) is 5.82 Å². The number of nitrogens with zero attached hydrogens (tertiary/aromatic N) is 2. The van der Waals surface area contributed by atoms with E-state index in [0.29, 0.717) is 18.7 Å². The highest BCUT2D eigenvalue weighted by molar-refractivity contribution is 5.79. The minimum absolute atomic E-state index is 0.172. The smallest absolute Gasteiger partial charge is 0.194 e. The van der Waals surface area contributed by atoms with Gasteiger partial charge in [-0.05, 0) is 49.8 Å². The Morgan fingerprint density at radius 1 is 1.43 bits per heavy atom. The van der Waals surface area contributed by atoms with Crippen molar-refractivity contribution in [2.24, 2.45) is 10.9 Å². The predicted molar refractivity (Wildman–Crippen MR) is 92.1 cm³/mol. The maximum atomic E-state index is 13.3.